The lowest BCUT2D eigenvalue weighted by Gasteiger charge is -2.07. The average Bonchev–Trinajstić information content (AvgIpc) is 3.02. The van der Waals surface area contributed by atoms with Crippen molar-refractivity contribution in [3.05, 3.63) is 59.9 Å². The smallest absolute Gasteiger partial charge is 0.310 e. The summed E-state index contributed by atoms with van der Waals surface area (Å²) in [6.45, 7) is 1.59. The number of anilines is 1. The maximum atomic E-state index is 12.0. The van der Waals surface area contributed by atoms with Crippen molar-refractivity contribution in [2.24, 2.45) is 0 Å². The van der Waals surface area contributed by atoms with Crippen molar-refractivity contribution in [1.29, 1.82) is 0 Å². The second-order valence-electron chi connectivity index (χ2n) is 5.88. The molecule has 0 aliphatic heterocycles. The fourth-order valence-electron chi connectivity index (χ4n) is 2.60. The summed E-state index contributed by atoms with van der Waals surface area (Å²) in [6, 6.07) is 12.8. The Bertz CT molecular complexity index is 944. The van der Waals surface area contributed by atoms with Crippen LogP contribution in [0.5, 0.6) is 5.75 Å². The highest BCUT2D eigenvalue weighted by Gasteiger charge is 2.13. The van der Waals surface area contributed by atoms with Crippen LogP contribution < -0.4 is 10.1 Å². The topological polar surface area (TPSA) is 77.8 Å². The minimum atomic E-state index is -0.497. The van der Waals surface area contributed by atoms with E-state index in [1.807, 2.05) is 31.2 Å². The van der Waals surface area contributed by atoms with Crippen LogP contribution in [0.1, 0.15) is 11.1 Å². The van der Waals surface area contributed by atoms with Crippen LogP contribution >= 0.6 is 0 Å². The molecule has 0 aliphatic carbocycles. The van der Waals surface area contributed by atoms with Crippen LogP contribution in [0.2, 0.25) is 0 Å². The van der Waals surface area contributed by atoms with Gasteiger partial charge in [-0.25, -0.2) is 0 Å². The molecule has 6 heteroatoms. The van der Waals surface area contributed by atoms with Gasteiger partial charge in [-0.1, -0.05) is 12.1 Å². The van der Waals surface area contributed by atoms with Crippen molar-refractivity contribution in [1.82, 2.24) is 0 Å². The monoisotopic (exact) mass is 353 g/mol. The second kappa shape index (κ2) is 7.74. The average molecular weight is 353 g/mol. The predicted molar refractivity (Wildman–Crippen MR) is 97.2 cm³/mol. The van der Waals surface area contributed by atoms with E-state index in [1.165, 1.54) is 6.26 Å². The maximum absolute atomic E-state index is 12.0. The number of benzene rings is 2. The Hall–Kier alpha value is -3.28. The van der Waals surface area contributed by atoms with Crippen LogP contribution in [0.25, 0.3) is 11.0 Å². The van der Waals surface area contributed by atoms with Crippen molar-refractivity contribution >= 4 is 28.5 Å². The van der Waals surface area contributed by atoms with Gasteiger partial charge in [-0.05, 0) is 36.8 Å². The maximum Gasteiger partial charge on any atom is 0.310 e. The van der Waals surface area contributed by atoms with Crippen molar-refractivity contribution in [3.8, 4) is 5.75 Å². The molecule has 1 heterocycles. The van der Waals surface area contributed by atoms with Gasteiger partial charge < -0.3 is 19.2 Å². The number of aryl methyl sites for hydroxylation is 1. The first-order valence-corrected chi connectivity index (χ1v) is 8.11. The molecular formula is C20H19NO5. The van der Waals surface area contributed by atoms with Crippen molar-refractivity contribution < 1.29 is 23.5 Å². The van der Waals surface area contributed by atoms with Gasteiger partial charge in [-0.3, -0.25) is 9.59 Å². The zero-order chi connectivity index (χ0) is 18.5. The summed E-state index contributed by atoms with van der Waals surface area (Å²) >= 11 is 0. The first kappa shape index (κ1) is 17.5. The van der Waals surface area contributed by atoms with E-state index < -0.39 is 5.97 Å². The molecule has 0 atom stereocenters. The Kier molecular flexibility index (Phi) is 5.22. The molecule has 0 saturated heterocycles. The number of amides is 1. The molecule has 6 nitrogen and oxygen atoms in total. The number of rotatable bonds is 6. The van der Waals surface area contributed by atoms with Crippen LogP contribution in [0, 0.1) is 6.92 Å². The van der Waals surface area contributed by atoms with Crippen molar-refractivity contribution in [2.75, 3.05) is 19.0 Å². The van der Waals surface area contributed by atoms with E-state index in [2.05, 4.69) is 5.32 Å². The summed E-state index contributed by atoms with van der Waals surface area (Å²) in [6.07, 6.45) is 1.54. The molecular weight excluding hydrogens is 334 g/mol. The van der Waals surface area contributed by atoms with Crippen molar-refractivity contribution in [3.63, 3.8) is 0 Å². The van der Waals surface area contributed by atoms with E-state index in [0.717, 1.165) is 10.9 Å². The first-order chi connectivity index (χ1) is 12.5. The highest BCUT2D eigenvalue weighted by molar-refractivity contribution is 5.93. The van der Waals surface area contributed by atoms with Gasteiger partial charge in [-0.15, -0.1) is 0 Å². The second-order valence-corrected chi connectivity index (χ2v) is 5.88. The van der Waals surface area contributed by atoms with Gasteiger partial charge in [-0.2, -0.15) is 0 Å². The van der Waals surface area contributed by atoms with E-state index in [4.69, 9.17) is 13.9 Å². The van der Waals surface area contributed by atoms with Gasteiger partial charge in [0.25, 0.3) is 5.91 Å². The van der Waals surface area contributed by atoms with Crippen molar-refractivity contribution in [2.45, 2.75) is 13.3 Å². The summed E-state index contributed by atoms with van der Waals surface area (Å²) in [5, 5.41) is 3.50. The lowest BCUT2D eigenvalue weighted by molar-refractivity contribution is -0.146. The molecule has 0 spiro atoms. The molecule has 2 aromatic carbocycles. The highest BCUT2D eigenvalue weighted by atomic mass is 16.5. The van der Waals surface area contributed by atoms with Crippen LogP contribution in [-0.4, -0.2) is 25.6 Å². The molecule has 1 aromatic heterocycles. The molecule has 0 unspecified atom stereocenters. The molecule has 1 N–H and O–H groups in total. The summed E-state index contributed by atoms with van der Waals surface area (Å²) in [7, 11) is 1.57. The van der Waals surface area contributed by atoms with Gasteiger partial charge in [0.1, 0.15) is 11.3 Å². The Morgan fingerprint density at radius 3 is 2.77 bits per heavy atom. The van der Waals surface area contributed by atoms with E-state index >= 15 is 0 Å². The summed E-state index contributed by atoms with van der Waals surface area (Å²) < 4.78 is 15.6. The number of hydrogen-bond acceptors (Lipinski definition) is 5. The lowest BCUT2D eigenvalue weighted by atomic mass is 10.1. The minimum Gasteiger partial charge on any atom is -0.497 e. The SMILES string of the molecule is COc1ccc2c(CC(=O)OCC(=O)Nc3cccc(C)c3)coc2c1. The number of carbonyl (C=O) groups is 2. The van der Waals surface area contributed by atoms with E-state index in [1.54, 1.807) is 25.3 Å². The number of esters is 1. The number of fused-ring (bicyclic) bond motifs is 1. The van der Waals surface area contributed by atoms with Crippen LogP contribution in [0.15, 0.2) is 53.1 Å². The molecule has 3 rings (SSSR count). The molecule has 0 radical (unpaired) electrons. The van der Waals surface area contributed by atoms with Crippen LogP contribution in [0.3, 0.4) is 0 Å². The van der Waals surface area contributed by atoms with Gasteiger partial charge in [0.05, 0.1) is 19.8 Å². The lowest BCUT2D eigenvalue weighted by Crippen LogP contribution is -2.21. The van der Waals surface area contributed by atoms with E-state index in [9.17, 15) is 9.59 Å². The number of nitrogens with one attached hydrogen (secondary N) is 1. The van der Waals surface area contributed by atoms with Gasteiger partial charge in [0, 0.05) is 22.7 Å². The summed E-state index contributed by atoms with van der Waals surface area (Å²) in [5.74, 6) is -0.206. The zero-order valence-corrected chi connectivity index (χ0v) is 14.6. The fourth-order valence-corrected chi connectivity index (χ4v) is 2.60. The molecule has 0 aliphatic rings. The third-order valence-corrected chi connectivity index (χ3v) is 3.86. The zero-order valence-electron chi connectivity index (χ0n) is 14.6. The molecule has 1 amide bonds. The Morgan fingerprint density at radius 2 is 2.00 bits per heavy atom. The number of methoxy groups -OCH3 is 1. The molecule has 0 fully saturated rings. The molecule has 0 bridgehead atoms. The Morgan fingerprint density at radius 1 is 1.15 bits per heavy atom. The Balaban J connectivity index is 1.55. The number of carbonyl (C=O) groups excluding carboxylic acids is 2. The molecule has 0 saturated carbocycles. The third-order valence-electron chi connectivity index (χ3n) is 3.86. The quantitative estimate of drug-likeness (QED) is 0.687. The van der Waals surface area contributed by atoms with Gasteiger partial charge in [0.15, 0.2) is 6.61 Å². The number of furan rings is 1. The normalized spacial score (nSPS) is 10.5. The summed E-state index contributed by atoms with van der Waals surface area (Å²) in [4.78, 5) is 23.9. The largest absolute Gasteiger partial charge is 0.497 e. The standard InChI is InChI=1S/C20H19NO5/c1-13-4-3-5-15(8-13)21-19(22)12-26-20(23)9-14-11-25-18-10-16(24-2)6-7-17(14)18/h3-8,10-11H,9,12H2,1-2H3,(H,21,22). The van der Waals surface area contributed by atoms with Gasteiger partial charge in [0.2, 0.25) is 0 Å². The van der Waals surface area contributed by atoms with E-state index in [0.29, 0.717) is 22.6 Å². The summed E-state index contributed by atoms with van der Waals surface area (Å²) in [5.41, 5.74) is 3.03. The van der Waals surface area contributed by atoms with E-state index in [-0.39, 0.29) is 18.9 Å². The highest BCUT2D eigenvalue weighted by Crippen LogP contribution is 2.26. The molecule has 134 valence electrons. The van der Waals surface area contributed by atoms with Crippen LogP contribution in [0.4, 0.5) is 5.69 Å². The number of hydrogen-bond donors (Lipinski definition) is 1. The first-order valence-electron chi connectivity index (χ1n) is 8.11. The molecule has 3 aromatic rings. The molecule has 26 heavy (non-hydrogen) atoms. The third kappa shape index (κ3) is 4.22. The Labute approximate surface area is 150 Å². The predicted octanol–water partition coefficient (Wildman–Crippen LogP) is 3.47. The fraction of sp³-hybridized carbons (Fsp3) is 0.200. The minimum absolute atomic E-state index is 0.0249. The van der Waals surface area contributed by atoms with Gasteiger partial charge >= 0.3 is 5.97 Å². The van der Waals surface area contributed by atoms with Crippen LogP contribution in [-0.2, 0) is 20.7 Å². The number of ether oxygens (including phenoxy) is 2.